The molecule has 0 aliphatic carbocycles. The molecular weight excluding hydrogens is 508 g/mol. The molecule has 0 radical (unpaired) electrons. The molecule has 2 aromatic carbocycles. The lowest BCUT2D eigenvalue weighted by Crippen LogP contribution is -2.36. The van der Waals surface area contributed by atoms with E-state index in [9.17, 15) is 19.2 Å². The molecule has 1 N–H and O–H groups in total. The highest BCUT2D eigenvalue weighted by Gasteiger charge is 2.36. The van der Waals surface area contributed by atoms with Gasteiger partial charge >= 0.3 is 5.97 Å². The van der Waals surface area contributed by atoms with Gasteiger partial charge in [0.05, 0.1) is 36.3 Å². The number of hydrogen-bond donors (Lipinski definition) is 1. The summed E-state index contributed by atoms with van der Waals surface area (Å²) >= 11 is 6.72. The lowest BCUT2D eigenvalue weighted by molar-refractivity contribution is -0.127. The number of ether oxygens (including phenoxy) is 3. The number of esters is 1. The second-order valence-corrected chi connectivity index (χ2v) is 9.01. The number of halogens is 1. The summed E-state index contributed by atoms with van der Waals surface area (Å²) in [7, 11) is 2.73. The van der Waals surface area contributed by atoms with Crippen LogP contribution in [0.15, 0.2) is 41.3 Å². The molecule has 0 bridgehead atoms. The van der Waals surface area contributed by atoms with Gasteiger partial charge in [0.2, 0.25) is 5.91 Å². The van der Waals surface area contributed by atoms with Crippen LogP contribution in [0, 0.1) is 0 Å². The van der Waals surface area contributed by atoms with Crippen molar-refractivity contribution in [1.29, 1.82) is 0 Å². The summed E-state index contributed by atoms with van der Waals surface area (Å²) in [6, 6.07) is 9.48. The smallest absolute Gasteiger partial charge is 0.339 e. The molecule has 1 fully saturated rings. The van der Waals surface area contributed by atoms with Crippen LogP contribution in [0.4, 0.5) is 10.5 Å². The summed E-state index contributed by atoms with van der Waals surface area (Å²) in [4.78, 5) is 50.6. The molecular formula is C25H25ClN2O7S. The first-order chi connectivity index (χ1) is 17.3. The number of carbonyl (C=O) groups excluding carboxylic acids is 4. The maximum absolute atomic E-state index is 12.8. The fraction of sp³-hybridized carbons (Fsp3) is 0.280. The summed E-state index contributed by atoms with van der Waals surface area (Å²) < 4.78 is 15.8. The molecule has 0 atom stereocenters. The Morgan fingerprint density at radius 2 is 1.89 bits per heavy atom. The Bertz CT molecular complexity index is 1210. The second kappa shape index (κ2) is 12.5. The molecule has 1 heterocycles. The quantitative estimate of drug-likeness (QED) is 0.259. The third-order valence-electron chi connectivity index (χ3n) is 5.07. The SMILES string of the molecule is CCCCOc1ccc(/C=C2\SC(=O)N(CC(=O)Nc3ccc(Cl)c(C(=O)OC)c3)C2=O)cc1OC. The predicted molar refractivity (Wildman–Crippen MR) is 137 cm³/mol. The van der Waals surface area contributed by atoms with E-state index in [1.165, 1.54) is 32.4 Å². The third kappa shape index (κ3) is 6.58. The Balaban J connectivity index is 1.69. The van der Waals surface area contributed by atoms with E-state index >= 15 is 0 Å². The summed E-state index contributed by atoms with van der Waals surface area (Å²) in [5.74, 6) is -0.775. The van der Waals surface area contributed by atoms with Gasteiger partial charge in [0.25, 0.3) is 11.1 Å². The normalized spacial score (nSPS) is 14.2. The molecule has 0 unspecified atom stereocenters. The zero-order valence-corrected chi connectivity index (χ0v) is 21.5. The van der Waals surface area contributed by atoms with Gasteiger partial charge in [0.15, 0.2) is 11.5 Å². The van der Waals surface area contributed by atoms with Crippen molar-refractivity contribution >= 4 is 58.1 Å². The van der Waals surface area contributed by atoms with Crippen LogP contribution in [0.2, 0.25) is 5.02 Å². The molecule has 9 nitrogen and oxygen atoms in total. The average molecular weight is 533 g/mol. The van der Waals surface area contributed by atoms with Crippen molar-refractivity contribution in [2.24, 2.45) is 0 Å². The van der Waals surface area contributed by atoms with Crippen molar-refractivity contribution in [3.63, 3.8) is 0 Å². The van der Waals surface area contributed by atoms with Crippen molar-refractivity contribution < 1.29 is 33.4 Å². The number of unbranched alkanes of at least 4 members (excludes halogenated alkanes) is 1. The van der Waals surface area contributed by atoms with Crippen LogP contribution in [-0.4, -0.2) is 55.3 Å². The molecule has 1 aliphatic rings. The van der Waals surface area contributed by atoms with Gasteiger partial charge in [0, 0.05) is 5.69 Å². The predicted octanol–water partition coefficient (Wildman–Crippen LogP) is 4.99. The highest BCUT2D eigenvalue weighted by Crippen LogP contribution is 2.34. The number of methoxy groups -OCH3 is 2. The van der Waals surface area contributed by atoms with Crippen molar-refractivity contribution in [3.05, 3.63) is 57.5 Å². The highest BCUT2D eigenvalue weighted by molar-refractivity contribution is 8.18. The van der Waals surface area contributed by atoms with Gasteiger partial charge in [-0.15, -0.1) is 0 Å². The van der Waals surface area contributed by atoms with E-state index in [0.717, 1.165) is 29.5 Å². The fourth-order valence-electron chi connectivity index (χ4n) is 3.22. The maximum Gasteiger partial charge on any atom is 0.339 e. The number of thioether (sulfide) groups is 1. The minimum absolute atomic E-state index is 0.0725. The monoisotopic (exact) mass is 532 g/mol. The Kier molecular flexibility index (Phi) is 9.38. The first-order valence-electron chi connectivity index (χ1n) is 11.0. The molecule has 0 saturated carbocycles. The first-order valence-corrected chi connectivity index (χ1v) is 12.2. The van der Waals surface area contributed by atoms with Crippen LogP contribution in [0.25, 0.3) is 6.08 Å². The Hall–Kier alpha value is -3.50. The van der Waals surface area contributed by atoms with Crippen molar-refractivity contribution in [2.45, 2.75) is 19.8 Å². The molecule has 3 rings (SSSR count). The number of benzene rings is 2. The number of hydrogen-bond acceptors (Lipinski definition) is 8. The first kappa shape index (κ1) is 27.1. The van der Waals surface area contributed by atoms with Gasteiger partial charge in [-0.3, -0.25) is 19.3 Å². The summed E-state index contributed by atoms with van der Waals surface area (Å²) in [6.45, 7) is 2.14. The number of nitrogens with zero attached hydrogens (tertiary/aromatic N) is 1. The van der Waals surface area contributed by atoms with Gasteiger partial charge in [-0.05, 0) is 60.2 Å². The van der Waals surface area contributed by atoms with E-state index in [0.29, 0.717) is 23.7 Å². The number of nitrogens with one attached hydrogen (secondary N) is 1. The molecule has 1 aliphatic heterocycles. The van der Waals surface area contributed by atoms with E-state index < -0.39 is 29.6 Å². The standard InChI is InChI=1S/C25H25ClN2O7S/c1-4-5-10-35-19-9-6-15(11-20(19)33-2)12-21-23(30)28(25(32)36-21)14-22(29)27-16-7-8-18(26)17(13-16)24(31)34-3/h6-9,11-13H,4-5,10,14H2,1-3H3,(H,27,29)/b21-12-. The number of rotatable bonds is 10. The lowest BCUT2D eigenvalue weighted by Gasteiger charge is -2.13. The zero-order valence-electron chi connectivity index (χ0n) is 20.0. The summed E-state index contributed by atoms with van der Waals surface area (Å²) in [5.41, 5.74) is 0.977. The molecule has 1 saturated heterocycles. The molecule has 0 spiro atoms. The number of amides is 3. The Morgan fingerprint density at radius 3 is 2.58 bits per heavy atom. The van der Waals surface area contributed by atoms with E-state index in [4.69, 9.17) is 21.1 Å². The lowest BCUT2D eigenvalue weighted by atomic mass is 10.2. The number of anilines is 1. The third-order valence-corrected chi connectivity index (χ3v) is 6.31. The Morgan fingerprint density at radius 1 is 1.11 bits per heavy atom. The van der Waals surface area contributed by atoms with E-state index in [1.807, 2.05) is 0 Å². The topological polar surface area (TPSA) is 111 Å². The minimum atomic E-state index is -0.663. The zero-order chi connectivity index (χ0) is 26.2. The van der Waals surface area contributed by atoms with Gasteiger partial charge < -0.3 is 19.5 Å². The fourth-order valence-corrected chi connectivity index (χ4v) is 4.25. The average Bonchev–Trinajstić information content (AvgIpc) is 3.12. The van der Waals surface area contributed by atoms with E-state index in [-0.39, 0.29) is 21.2 Å². The van der Waals surface area contributed by atoms with Crippen molar-refractivity contribution in [1.82, 2.24) is 4.90 Å². The van der Waals surface area contributed by atoms with Gasteiger partial charge in [0.1, 0.15) is 6.54 Å². The van der Waals surface area contributed by atoms with E-state index in [2.05, 4.69) is 17.0 Å². The Labute approximate surface area is 217 Å². The summed E-state index contributed by atoms with van der Waals surface area (Å²) in [5, 5.41) is 2.14. The van der Waals surface area contributed by atoms with Gasteiger partial charge in [-0.25, -0.2) is 4.79 Å². The molecule has 3 amide bonds. The molecule has 190 valence electrons. The van der Waals surface area contributed by atoms with Gasteiger partial charge in [-0.2, -0.15) is 0 Å². The highest BCUT2D eigenvalue weighted by atomic mass is 35.5. The van der Waals surface area contributed by atoms with Crippen LogP contribution in [-0.2, 0) is 14.3 Å². The summed E-state index contributed by atoms with van der Waals surface area (Å²) in [6.07, 6.45) is 3.47. The molecule has 0 aromatic heterocycles. The molecule has 11 heteroatoms. The number of imide groups is 1. The largest absolute Gasteiger partial charge is 0.493 e. The minimum Gasteiger partial charge on any atom is -0.493 e. The molecule has 36 heavy (non-hydrogen) atoms. The van der Waals surface area contributed by atoms with Crippen molar-refractivity contribution in [3.8, 4) is 11.5 Å². The van der Waals surface area contributed by atoms with Crippen molar-refractivity contribution in [2.75, 3.05) is 32.7 Å². The van der Waals surface area contributed by atoms with Crippen LogP contribution < -0.4 is 14.8 Å². The number of carbonyl (C=O) groups is 4. The maximum atomic E-state index is 12.8. The van der Waals surface area contributed by atoms with Gasteiger partial charge in [-0.1, -0.05) is 31.0 Å². The van der Waals surface area contributed by atoms with Crippen LogP contribution in [0.1, 0.15) is 35.7 Å². The molecule has 2 aromatic rings. The van der Waals surface area contributed by atoms with E-state index in [1.54, 1.807) is 24.3 Å². The second-order valence-electron chi connectivity index (χ2n) is 7.61. The van der Waals surface area contributed by atoms with Crippen LogP contribution in [0.5, 0.6) is 11.5 Å². The van der Waals surface area contributed by atoms with Crippen LogP contribution in [0.3, 0.4) is 0 Å². The van der Waals surface area contributed by atoms with Crippen LogP contribution >= 0.6 is 23.4 Å².